The Balaban J connectivity index is 0.909. The Kier molecular flexibility index (Phi) is 8.51. The van der Waals surface area contributed by atoms with Crippen LogP contribution >= 0.6 is 0 Å². The number of para-hydroxylation sites is 1. The average Bonchev–Trinajstić information content (AvgIpc) is 3.94. The van der Waals surface area contributed by atoms with Crippen molar-refractivity contribution in [3.63, 3.8) is 0 Å². The molecule has 1 heteroatoms. The van der Waals surface area contributed by atoms with E-state index < -0.39 is 0 Å². The number of hydrogen-bond acceptors (Lipinski definition) is 1. The van der Waals surface area contributed by atoms with Crippen LogP contribution in [0.25, 0.3) is 55.6 Å². The molecule has 0 heterocycles. The van der Waals surface area contributed by atoms with Crippen LogP contribution in [0.4, 0.5) is 17.1 Å². The van der Waals surface area contributed by atoms with E-state index >= 15 is 0 Å². The second-order valence-electron chi connectivity index (χ2n) is 22.5. The summed E-state index contributed by atoms with van der Waals surface area (Å²) in [6.45, 7) is 7.26. The molecule has 1 unspecified atom stereocenters. The summed E-state index contributed by atoms with van der Waals surface area (Å²) in [5.74, 6) is 3.18. The molecule has 4 bridgehead atoms. The fourth-order valence-electron chi connectivity index (χ4n) is 16.2. The summed E-state index contributed by atoms with van der Waals surface area (Å²) in [6.07, 6.45) is 6.94. The highest BCUT2D eigenvalue weighted by Gasteiger charge is 2.61. The van der Waals surface area contributed by atoms with E-state index in [9.17, 15) is 0 Å². The molecule has 0 radical (unpaired) electrons. The highest BCUT2D eigenvalue weighted by molar-refractivity contribution is 5.96. The lowest BCUT2D eigenvalue weighted by atomic mass is 9.43. The van der Waals surface area contributed by atoms with Crippen molar-refractivity contribution in [1.29, 1.82) is 0 Å². The van der Waals surface area contributed by atoms with Crippen LogP contribution in [0.15, 0.2) is 206 Å². The molecular weight excluding hydrogens is 843 g/mol. The molecule has 1 nitrogen and oxygen atoms in total. The molecule has 0 N–H and O–H groups in total. The van der Waals surface area contributed by atoms with Gasteiger partial charge in [-0.25, -0.2) is 0 Å². The molecule has 4 fully saturated rings. The van der Waals surface area contributed by atoms with E-state index in [2.05, 4.69) is 232 Å². The summed E-state index contributed by atoms with van der Waals surface area (Å²) in [5, 5.41) is 0. The van der Waals surface area contributed by atoms with E-state index in [0.717, 1.165) is 11.8 Å². The van der Waals surface area contributed by atoms with Crippen molar-refractivity contribution in [2.24, 2.45) is 23.7 Å². The molecular formula is C69H57N. The molecule has 0 aliphatic heterocycles. The maximum absolute atomic E-state index is 2.67. The van der Waals surface area contributed by atoms with Gasteiger partial charge in [-0.3, -0.25) is 0 Å². The molecule has 70 heavy (non-hydrogen) atoms. The van der Waals surface area contributed by atoms with Crippen LogP contribution in [0.2, 0.25) is 0 Å². The largest absolute Gasteiger partial charge is 0.310 e. The van der Waals surface area contributed by atoms with Gasteiger partial charge in [0, 0.05) is 33.2 Å². The van der Waals surface area contributed by atoms with Crippen molar-refractivity contribution < 1.29 is 0 Å². The van der Waals surface area contributed by atoms with Gasteiger partial charge in [-0.15, -0.1) is 0 Å². The zero-order valence-electron chi connectivity index (χ0n) is 40.4. The van der Waals surface area contributed by atoms with E-state index in [-0.39, 0.29) is 16.2 Å². The van der Waals surface area contributed by atoms with E-state index in [4.69, 9.17) is 0 Å². The lowest BCUT2D eigenvalue weighted by Crippen LogP contribution is -2.55. The van der Waals surface area contributed by atoms with E-state index in [1.54, 1.807) is 11.1 Å². The minimum absolute atomic E-state index is 0.0714. The van der Waals surface area contributed by atoms with Gasteiger partial charge in [-0.1, -0.05) is 184 Å². The summed E-state index contributed by atoms with van der Waals surface area (Å²) in [7, 11) is 0. The minimum Gasteiger partial charge on any atom is -0.310 e. The fourth-order valence-corrected chi connectivity index (χ4v) is 16.2. The highest BCUT2D eigenvalue weighted by Crippen LogP contribution is 2.70. The van der Waals surface area contributed by atoms with Crippen LogP contribution < -0.4 is 4.90 Å². The van der Waals surface area contributed by atoms with E-state index in [1.807, 2.05) is 0 Å². The predicted molar refractivity (Wildman–Crippen MR) is 290 cm³/mol. The first-order valence-corrected chi connectivity index (χ1v) is 26.1. The number of nitrogens with zero attached hydrogens (tertiary/aromatic N) is 1. The molecule has 0 saturated heterocycles. The second-order valence-corrected chi connectivity index (χ2v) is 22.5. The average molecular weight is 900 g/mol. The smallest absolute Gasteiger partial charge is 0.0540 e. The Morgan fingerprint density at radius 1 is 0.357 bits per heavy atom. The Morgan fingerprint density at radius 2 is 0.857 bits per heavy atom. The third-order valence-corrected chi connectivity index (χ3v) is 18.9. The zero-order chi connectivity index (χ0) is 46.5. The molecule has 1 spiro atoms. The first-order chi connectivity index (χ1) is 34.3. The molecule has 9 aromatic rings. The molecule has 9 aromatic carbocycles. The monoisotopic (exact) mass is 899 g/mol. The van der Waals surface area contributed by atoms with Crippen LogP contribution in [-0.2, 0) is 16.2 Å². The molecule has 1 atom stereocenters. The van der Waals surface area contributed by atoms with Gasteiger partial charge in [0.05, 0.1) is 5.69 Å². The minimum atomic E-state index is -0.251. The van der Waals surface area contributed by atoms with Gasteiger partial charge in [-0.2, -0.15) is 0 Å². The molecule has 4 saturated carbocycles. The number of benzene rings is 9. The maximum atomic E-state index is 2.67. The van der Waals surface area contributed by atoms with Crippen LogP contribution in [0.3, 0.4) is 0 Å². The molecule has 0 aromatic heterocycles. The Hall–Kier alpha value is -7.22. The number of fused-ring (bicyclic) bond motifs is 9. The Morgan fingerprint density at radius 3 is 1.57 bits per heavy atom. The first-order valence-electron chi connectivity index (χ1n) is 26.1. The van der Waals surface area contributed by atoms with Gasteiger partial charge < -0.3 is 4.90 Å². The third kappa shape index (κ3) is 5.39. The number of rotatable bonds is 6. The van der Waals surface area contributed by atoms with Crippen molar-refractivity contribution in [3.05, 3.63) is 245 Å². The standard InChI is InChI=1S/C69H57N/c1-67(2)60-24-11-7-20-54(60)58-22-15-23-59(66(58)67)57-21-10-14-27-65(57)70(51-33-35-56-53-19-9-13-26-62(53)69(64(56)42-51)48-37-43-36-44(39-48)40-49(69)38-43)50-31-28-45(29-32-50)46-30-34-55-52-18-8-12-25-61(52)68(3,63(55)41-46)47-16-5-4-6-17-47/h4-35,41-44,48-49H,36-40H2,1-3H3. The van der Waals surface area contributed by atoms with Gasteiger partial charge in [-0.05, 0) is 188 Å². The highest BCUT2D eigenvalue weighted by atomic mass is 15.1. The van der Waals surface area contributed by atoms with Crippen molar-refractivity contribution >= 4 is 17.1 Å². The van der Waals surface area contributed by atoms with Gasteiger partial charge in [0.2, 0.25) is 0 Å². The first kappa shape index (κ1) is 40.6. The second kappa shape index (κ2) is 14.7. The molecule has 0 amide bonds. The van der Waals surface area contributed by atoms with E-state index in [1.165, 1.54) is 133 Å². The SMILES string of the molecule is CC1(C)c2ccccc2-c2cccc(-c3ccccc3N(c3ccc(-c4ccc5c(c4)C(C)(c4ccccc4)c4ccccc4-5)cc3)c3ccc4c(c3)C3(c5ccccc5-4)C4CC5CC(C4)CC3C5)c21. The quantitative estimate of drug-likeness (QED) is 0.161. The fraction of sp³-hybridized carbons (Fsp3) is 0.217. The van der Waals surface area contributed by atoms with E-state index in [0.29, 0.717) is 11.8 Å². The van der Waals surface area contributed by atoms with Gasteiger partial charge >= 0.3 is 0 Å². The lowest BCUT2D eigenvalue weighted by Gasteiger charge is -2.61. The van der Waals surface area contributed by atoms with Crippen molar-refractivity contribution in [1.82, 2.24) is 0 Å². The van der Waals surface area contributed by atoms with Gasteiger partial charge in [0.15, 0.2) is 0 Å². The Bertz CT molecular complexity index is 3580. The molecule has 338 valence electrons. The normalized spacial score (nSPS) is 24.2. The summed E-state index contributed by atoms with van der Waals surface area (Å²) in [6, 6.07) is 79.2. The summed E-state index contributed by atoms with van der Waals surface area (Å²) >= 11 is 0. The zero-order valence-corrected chi connectivity index (χ0v) is 40.4. The summed E-state index contributed by atoms with van der Waals surface area (Å²) in [4.78, 5) is 2.60. The van der Waals surface area contributed by atoms with Crippen LogP contribution in [0.5, 0.6) is 0 Å². The van der Waals surface area contributed by atoms with Crippen LogP contribution in [0.1, 0.15) is 91.8 Å². The van der Waals surface area contributed by atoms with Crippen LogP contribution in [0, 0.1) is 23.7 Å². The third-order valence-electron chi connectivity index (χ3n) is 18.9. The van der Waals surface area contributed by atoms with Gasteiger partial charge in [0.1, 0.15) is 0 Å². The molecule has 7 aliphatic carbocycles. The van der Waals surface area contributed by atoms with Crippen molar-refractivity contribution in [2.45, 2.75) is 69.1 Å². The summed E-state index contributed by atoms with van der Waals surface area (Å²) in [5.41, 5.74) is 26.7. The van der Waals surface area contributed by atoms with Crippen LogP contribution in [-0.4, -0.2) is 0 Å². The van der Waals surface area contributed by atoms with Crippen molar-refractivity contribution in [2.75, 3.05) is 4.90 Å². The topological polar surface area (TPSA) is 3.24 Å². The maximum Gasteiger partial charge on any atom is 0.0540 e. The summed E-state index contributed by atoms with van der Waals surface area (Å²) < 4.78 is 0. The molecule has 7 aliphatic rings. The number of anilines is 3. The van der Waals surface area contributed by atoms with Crippen molar-refractivity contribution in [3.8, 4) is 55.6 Å². The number of hydrogen-bond donors (Lipinski definition) is 0. The van der Waals surface area contributed by atoms with Gasteiger partial charge in [0.25, 0.3) is 0 Å². The lowest BCUT2D eigenvalue weighted by molar-refractivity contribution is -0.0399. The molecule has 16 rings (SSSR count). The Labute approximate surface area is 413 Å². The predicted octanol–water partition coefficient (Wildman–Crippen LogP) is 17.9.